The Kier molecular flexibility index (Phi) is 9.95. The molecule has 1 amide bonds. The third-order valence-corrected chi connectivity index (χ3v) is 8.09. The fraction of sp³-hybridized carbons (Fsp3) is 0.344. The first kappa shape index (κ1) is 36.9. The van der Waals surface area contributed by atoms with Gasteiger partial charge in [-0.1, -0.05) is 12.0 Å². The number of benzene rings is 3. The SMILES string of the molecule is CC[C@@H]1C[C@H](N(Cc2cc(C(F)(F)F)cc(C(F)(F)F)c2)c2nnn(C)n2)c2cc(OC(F)(F)F)ccc2N1C(=O)c1ccc(C(=O)OC)cc1. The maximum Gasteiger partial charge on any atom is 0.573 e. The number of tetrazole rings is 1. The third kappa shape index (κ3) is 8.18. The van der Waals surface area contributed by atoms with Gasteiger partial charge in [-0.25, -0.2) is 4.79 Å². The Morgan fingerprint density at radius 1 is 0.882 bits per heavy atom. The predicted octanol–water partition coefficient (Wildman–Crippen LogP) is 7.51. The molecule has 0 radical (unpaired) electrons. The van der Waals surface area contributed by atoms with Crippen molar-refractivity contribution in [2.75, 3.05) is 16.9 Å². The Bertz CT molecular complexity index is 1880. The summed E-state index contributed by atoms with van der Waals surface area (Å²) >= 11 is 0. The van der Waals surface area contributed by atoms with Crippen molar-refractivity contribution in [1.82, 2.24) is 20.2 Å². The Hall–Kier alpha value is -5.36. The number of alkyl halides is 9. The van der Waals surface area contributed by atoms with Crippen molar-refractivity contribution in [1.29, 1.82) is 0 Å². The van der Waals surface area contributed by atoms with E-state index in [9.17, 15) is 49.1 Å². The van der Waals surface area contributed by atoms with Crippen LogP contribution in [0, 0.1) is 0 Å². The molecule has 0 bridgehead atoms. The standard InChI is InChI=1S/C32H27F9N6O4/c1-4-22-14-26(46(29-42-44-45(2)43-29)16-17-11-20(30(33,34)35)13-21(12-17)31(36,37)38)24-15-23(51-32(39,40)41)9-10-25(24)47(22)27(48)18-5-7-19(8-6-18)28(49)50-3/h5-13,15,22,26H,4,14,16H2,1-3H3/t22-,26+/m1/s1. The summed E-state index contributed by atoms with van der Waals surface area (Å²) in [7, 11) is 2.53. The van der Waals surface area contributed by atoms with Gasteiger partial charge in [0.05, 0.1) is 36.9 Å². The molecule has 3 aromatic carbocycles. The molecule has 0 spiro atoms. The van der Waals surface area contributed by atoms with Crippen LogP contribution in [0.3, 0.4) is 0 Å². The zero-order chi connectivity index (χ0) is 37.5. The van der Waals surface area contributed by atoms with Crippen LogP contribution in [0.5, 0.6) is 5.75 Å². The molecule has 5 rings (SSSR count). The van der Waals surface area contributed by atoms with Crippen molar-refractivity contribution in [2.24, 2.45) is 7.05 Å². The van der Waals surface area contributed by atoms with E-state index in [1.807, 2.05) is 0 Å². The Labute approximate surface area is 283 Å². The first-order chi connectivity index (χ1) is 23.8. The molecule has 2 heterocycles. The molecule has 0 fully saturated rings. The number of halogens is 9. The van der Waals surface area contributed by atoms with Gasteiger partial charge in [-0.3, -0.25) is 4.79 Å². The van der Waals surface area contributed by atoms with Crippen molar-refractivity contribution < 1.29 is 58.6 Å². The molecular weight excluding hydrogens is 703 g/mol. The van der Waals surface area contributed by atoms with E-state index >= 15 is 0 Å². The van der Waals surface area contributed by atoms with E-state index < -0.39 is 71.7 Å². The van der Waals surface area contributed by atoms with Crippen LogP contribution in [0.4, 0.5) is 51.1 Å². The van der Waals surface area contributed by atoms with Crippen LogP contribution in [-0.2, 0) is 30.7 Å². The van der Waals surface area contributed by atoms with Crippen LogP contribution in [-0.4, -0.2) is 51.6 Å². The number of esters is 1. The van der Waals surface area contributed by atoms with Gasteiger partial charge in [0.2, 0.25) is 0 Å². The lowest BCUT2D eigenvalue weighted by Crippen LogP contribution is -2.47. The number of anilines is 2. The van der Waals surface area contributed by atoms with Crippen LogP contribution < -0.4 is 14.5 Å². The van der Waals surface area contributed by atoms with E-state index in [1.54, 1.807) is 6.92 Å². The van der Waals surface area contributed by atoms with Crippen LogP contribution in [0.1, 0.15) is 68.8 Å². The van der Waals surface area contributed by atoms with Gasteiger partial charge in [-0.2, -0.15) is 31.1 Å². The molecule has 0 saturated heterocycles. The molecule has 0 aliphatic carbocycles. The molecule has 0 saturated carbocycles. The summed E-state index contributed by atoms with van der Waals surface area (Å²) in [5.41, 5.74) is -3.32. The second-order valence-corrected chi connectivity index (χ2v) is 11.4. The summed E-state index contributed by atoms with van der Waals surface area (Å²) in [6.07, 6.45) is -15.3. The van der Waals surface area contributed by atoms with Gasteiger partial charge in [0, 0.05) is 29.4 Å². The minimum Gasteiger partial charge on any atom is -0.465 e. The smallest absolute Gasteiger partial charge is 0.465 e. The summed E-state index contributed by atoms with van der Waals surface area (Å²) < 4.78 is 132. The molecule has 1 aliphatic heterocycles. The fourth-order valence-electron chi connectivity index (χ4n) is 5.84. The number of ether oxygens (including phenoxy) is 2. The van der Waals surface area contributed by atoms with Gasteiger partial charge in [0.1, 0.15) is 5.75 Å². The number of nitrogens with zero attached hydrogens (tertiary/aromatic N) is 6. The normalized spacial score (nSPS) is 16.4. The first-order valence-corrected chi connectivity index (χ1v) is 15.0. The zero-order valence-corrected chi connectivity index (χ0v) is 26.8. The van der Waals surface area contributed by atoms with Gasteiger partial charge in [0.15, 0.2) is 0 Å². The zero-order valence-electron chi connectivity index (χ0n) is 26.8. The van der Waals surface area contributed by atoms with Crippen LogP contribution in [0.2, 0.25) is 0 Å². The fourth-order valence-corrected chi connectivity index (χ4v) is 5.84. The Morgan fingerprint density at radius 2 is 1.49 bits per heavy atom. The second-order valence-electron chi connectivity index (χ2n) is 11.4. The number of carbonyl (C=O) groups is 2. The summed E-state index contributed by atoms with van der Waals surface area (Å²) in [6.45, 7) is 1.02. The van der Waals surface area contributed by atoms with E-state index in [0.29, 0.717) is 12.1 Å². The molecule has 0 unspecified atom stereocenters. The highest BCUT2D eigenvalue weighted by Gasteiger charge is 2.42. The molecule has 1 aromatic heterocycles. The summed E-state index contributed by atoms with van der Waals surface area (Å²) in [5, 5.41) is 11.8. The van der Waals surface area contributed by atoms with Crippen molar-refractivity contribution in [3.8, 4) is 5.75 Å². The lowest BCUT2D eigenvalue weighted by atomic mass is 9.87. The van der Waals surface area contributed by atoms with E-state index in [-0.39, 0.29) is 47.2 Å². The minimum absolute atomic E-state index is 0.00328. The largest absolute Gasteiger partial charge is 0.573 e. The highest BCUT2D eigenvalue weighted by Crippen LogP contribution is 2.46. The maximum atomic E-state index is 14.0. The first-order valence-electron chi connectivity index (χ1n) is 15.0. The number of rotatable bonds is 8. The Balaban J connectivity index is 1.67. The van der Waals surface area contributed by atoms with Gasteiger partial charge >= 0.3 is 24.7 Å². The number of hydrogen-bond donors (Lipinski definition) is 0. The number of carbonyl (C=O) groups excluding carboxylic acids is 2. The van der Waals surface area contributed by atoms with Gasteiger partial charge in [0.25, 0.3) is 11.9 Å². The second kappa shape index (κ2) is 13.7. The number of fused-ring (bicyclic) bond motifs is 1. The lowest BCUT2D eigenvalue weighted by Gasteiger charge is -2.44. The molecule has 19 heteroatoms. The summed E-state index contributed by atoms with van der Waals surface area (Å²) in [6, 6.07) is 7.71. The quantitative estimate of drug-likeness (QED) is 0.136. The van der Waals surface area contributed by atoms with Gasteiger partial charge in [-0.05, 0) is 84.3 Å². The summed E-state index contributed by atoms with van der Waals surface area (Å²) in [4.78, 5) is 29.5. The van der Waals surface area contributed by atoms with Crippen molar-refractivity contribution in [3.63, 3.8) is 0 Å². The molecule has 1 aliphatic rings. The van der Waals surface area contributed by atoms with Crippen LogP contribution in [0.15, 0.2) is 60.7 Å². The molecule has 2 atom stereocenters. The van der Waals surface area contributed by atoms with Gasteiger partial charge in [-0.15, -0.1) is 18.3 Å². The van der Waals surface area contributed by atoms with Crippen molar-refractivity contribution in [3.05, 3.63) is 94.0 Å². The number of hydrogen-bond acceptors (Lipinski definition) is 8. The van der Waals surface area contributed by atoms with E-state index in [1.165, 1.54) is 54.3 Å². The van der Waals surface area contributed by atoms with E-state index in [4.69, 9.17) is 0 Å². The summed E-state index contributed by atoms with van der Waals surface area (Å²) in [5.74, 6) is -2.25. The molecule has 4 aromatic rings. The molecule has 51 heavy (non-hydrogen) atoms. The third-order valence-electron chi connectivity index (χ3n) is 8.09. The lowest BCUT2D eigenvalue weighted by molar-refractivity contribution is -0.274. The number of aryl methyl sites for hydroxylation is 1. The number of aromatic nitrogens is 4. The van der Waals surface area contributed by atoms with E-state index in [0.717, 1.165) is 16.9 Å². The van der Waals surface area contributed by atoms with Gasteiger partial charge < -0.3 is 19.3 Å². The monoisotopic (exact) mass is 730 g/mol. The average molecular weight is 731 g/mol. The van der Waals surface area contributed by atoms with Crippen molar-refractivity contribution >= 4 is 23.5 Å². The average Bonchev–Trinajstić information content (AvgIpc) is 3.50. The van der Waals surface area contributed by atoms with Crippen molar-refractivity contribution in [2.45, 2.75) is 57.1 Å². The molecule has 0 N–H and O–H groups in total. The molecular formula is C32H27F9N6O4. The predicted molar refractivity (Wildman–Crippen MR) is 161 cm³/mol. The maximum absolute atomic E-state index is 14.0. The van der Waals surface area contributed by atoms with Crippen LogP contribution in [0.25, 0.3) is 0 Å². The Morgan fingerprint density at radius 3 is 2.00 bits per heavy atom. The highest BCUT2D eigenvalue weighted by atomic mass is 19.4. The minimum atomic E-state index is -5.16. The highest BCUT2D eigenvalue weighted by molar-refractivity contribution is 6.08. The topological polar surface area (TPSA) is 103 Å². The molecule has 10 nitrogen and oxygen atoms in total. The van der Waals surface area contributed by atoms with Crippen LogP contribution >= 0.6 is 0 Å². The molecule has 272 valence electrons. The van der Waals surface area contributed by atoms with E-state index in [2.05, 4.69) is 24.9 Å². The number of amides is 1. The number of methoxy groups -OCH3 is 1.